The molecule has 0 radical (unpaired) electrons. The van der Waals surface area contributed by atoms with E-state index in [1.54, 1.807) is 79.1 Å². The Bertz CT molecular complexity index is 5300. The van der Waals surface area contributed by atoms with E-state index in [2.05, 4.69) is 75.8 Å². The van der Waals surface area contributed by atoms with Crippen molar-refractivity contribution < 1.29 is 148 Å². The molecule has 0 saturated carbocycles. The van der Waals surface area contributed by atoms with Gasteiger partial charge in [-0.2, -0.15) is 18.6 Å². The number of likely N-dealkylation sites (tertiary alicyclic amines) is 3. The van der Waals surface area contributed by atoms with Gasteiger partial charge in [-0.1, -0.05) is 108 Å². The molecule has 0 unspecified atom stereocenters. The summed E-state index contributed by atoms with van der Waals surface area (Å²) in [4.78, 5) is 99.8. The monoisotopic (exact) mass is 2040 g/mol. The topological polar surface area (TPSA) is 303 Å². The van der Waals surface area contributed by atoms with Gasteiger partial charge in [-0.25, -0.2) is 41.9 Å². The number of hydrogen-bond donors (Lipinski definition) is 6. The normalized spacial score (nSPS) is 20.9. The van der Waals surface area contributed by atoms with E-state index in [-0.39, 0.29) is 99.1 Å². The number of anilines is 4. The van der Waals surface area contributed by atoms with E-state index in [4.69, 9.17) is 20.3 Å². The predicted molar refractivity (Wildman–Crippen MR) is 451 cm³/mol. The van der Waals surface area contributed by atoms with Gasteiger partial charge in [0.1, 0.15) is 91.7 Å². The van der Waals surface area contributed by atoms with Crippen molar-refractivity contribution in [2.24, 2.45) is 0 Å². The standard InChI is InChI=1S/C27H24F6N6O3S.C16H20F6N2O3S.C11H12F6N2OS.C10H16FNO4.C6H6F5NS.S3.S2.H2S/c1-15(40)26-22-8-17(18-11-34-16(2)35-12-18)6-7-23(22)39(37-26)14-25(41)38-13-19(28)9-24(38)27(42)36-20-4-3-5-21(10-20)43(29,30,31,32)33;1-16(2,3)27-15(26)24-9-10(17)7-13(24)14(25)23-11-5-4-6-12(8-11)28(18,19,20,21)22;12-7-4-10(18-6-7)11(20)19-8-2-1-3-9(5-8)21(13,14,15,16)17;1-10(2,3)16-9(15)12-5-6(11)4-7(12)8(13)14;7-13(8,9,10,11)6-3-1-2-5(12)4-6;1-3-2;1-2;/h3-8,10-12,19,24H,9,13-14H2,1-2H3,(H,36,42);4-6,8,10,13H,7,9H2,1-3H3,(H,23,25);1-3,5,7,10,18H,4,6H2,(H,19,20);6-7H,4-5H2,1-3H3,(H,13,14);1-4H,12H2;;;1H2/t19-,24+;10-,13+;7-,10+;6-,7+;;;;/m1111..../s1. The quantitative estimate of drug-likeness (QED) is 0.0316. The Morgan fingerprint density at radius 3 is 1.21 bits per heavy atom. The van der Waals surface area contributed by atoms with Gasteiger partial charge in [0, 0.05) is 139 Å². The third-order valence-corrected chi connectivity index (χ3v) is 21.6. The van der Waals surface area contributed by atoms with Crippen molar-refractivity contribution in [1.29, 1.82) is 0 Å². The number of aromatic nitrogens is 4. The summed E-state index contributed by atoms with van der Waals surface area (Å²) in [5, 5.41) is 22.3. The summed E-state index contributed by atoms with van der Waals surface area (Å²) in [6.45, 7) is 11.1. The fourth-order valence-corrected chi connectivity index (χ4v) is 14.4. The maximum atomic E-state index is 14.4. The van der Waals surface area contributed by atoms with E-state index < -0.39 is 212 Å². The lowest BCUT2D eigenvalue weighted by molar-refractivity contribution is -0.142. The van der Waals surface area contributed by atoms with Crippen LogP contribution in [0.25, 0.3) is 22.0 Å². The summed E-state index contributed by atoms with van der Waals surface area (Å²) in [5.74, 6) is -4.60. The van der Waals surface area contributed by atoms with Gasteiger partial charge in [-0.15, -0.1) is 0 Å². The molecule has 4 fully saturated rings. The average Bonchev–Trinajstić information content (AvgIpc) is 0.803. The lowest BCUT2D eigenvalue weighted by Gasteiger charge is -2.40. The number of aliphatic carboxylic acids is 1. The Hall–Kier alpha value is -8.86. The van der Waals surface area contributed by atoms with Crippen molar-refractivity contribution in [3.63, 3.8) is 0 Å². The minimum atomic E-state index is -10.0. The number of nitrogens with one attached hydrogen (secondary N) is 4. The molecule has 7 N–H and O–H groups in total. The predicted octanol–water partition coefficient (Wildman–Crippen LogP) is 21.3. The highest BCUT2D eigenvalue weighted by atomic mass is 33.1. The molecule has 8 atom stereocenters. The number of nitrogens with two attached hydrogens (primary N) is 1. The van der Waals surface area contributed by atoms with Gasteiger partial charge in [-0.3, -0.25) is 38.5 Å². The van der Waals surface area contributed by atoms with E-state index in [1.165, 1.54) is 11.6 Å². The highest BCUT2D eigenvalue weighted by Crippen LogP contribution is 3.04. The third kappa shape index (κ3) is 34.2. The molecular formula is C70H80F24N12O11S10. The van der Waals surface area contributed by atoms with Crippen LogP contribution in [0.4, 0.5) is 128 Å². The second-order valence-electron chi connectivity index (χ2n) is 29.9. The average molecular weight is 2040 g/mol. The zero-order valence-corrected chi connectivity index (χ0v) is 74.9. The number of Topliss-reactive ketones (excluding diaryl/α,β-unsaturated/α-hetero) is 1. The summed E-state index contributed by atoms with van der Waals surface area (Å²) in [7, 11) is -38.4. The van der Waals surface area contributed by atoms with Crippen LogP contribution in [0, 0.1) is 6.92 Å². The summed E-state index contributed by atoms with van der Waals surface area (Å²) in [6, 6.07) is 8.83. The number of carboxylic acids is 1. The molecule has 4 aliphatic rings. The summed E-state index contributed by atoms with van der Waals surface area (Å²) in [5.41, 5.74) is 3.26. The summed E-state index contributed by atoms with van der Waals surface area (Å²) in [6.07, 6.45) is -5.35. The number of amides is 6. The van der Waals surface area contributed by atoms with E-state index in [1.807, 2.05) is 5.32 Å². The molecule has 127 heavy (non-hydrogen) atoms. The Labute approximate surface area is 738 Å². The number of carboxylic acid groups (broad SMARTS) is 1. The van der Waals surface area contributed by atoms with Crippen LogP contribution in [0.5, 0.6) is 0 Å². The smallest absolute Gasteiger partial charge is 0.411 e. The van der Waals surface area contributed by atoms with Gasteiger partial charge < -0.3 is 46.5 Å². The first kappa shape index (κ1) is 110. The van der Waals surface area contributed by atoms with Crippen LogP contribution >= 0.6 is 54.4 Å². The SMILES string of the molecule is CC(=O)c1nn(CC(=O)N2C[C@H](F)C[C@H]2C(=O)Nc2cccc(S(F)(F)(F)(F)F)c2)c2ccc(-c3cnc(C)nc3)cc12.CC(C)(C)OC(=O)N1C[C@H](F)C[C@H]1C(=O)Nc1cccc(S(F)(F)(F)(F)F)c1.CC(C)(C)OC(=O)N1C[C@H](F)C[C@H]1C(=O)O.Nc1cccc(S(F)(F)(F)(F)F)c1.O=C(Nc1cccc(S(F)(F)(F)(F)F)c1)[C@@H]1C[C@@H](F)CN1.S.S=S.S=S=S. The number of hydrogen-bond acceptors (Lipinski definition) is 19. The number of aryl methyl sites for hydroxylation is 1. The van der Waals surface area contributed by atoms with E-state index in [9.17, 15) is 134 Å². The molecule has 0 bridgehead atoms. The van der Waals surface area contributed by atoms with Crippen molar-refractivity contribution in [1.82, 2.24) is 39.8 Å². The summed E-state index contributed by atoms with van der Waals surface area (Å²) < 4.78 is 320. The van der Waals surface area contributed by atoms with Crippen molar-refractivity contribution in [3.05, 3.63) is 139 Å². The van der Waals surface area contributed by atoms with Gasteiger partial charge in [0.05, 0.1) is 31.2 Å². The summed E-state index contributed by atoms with van der Waals surface area (Å²) >= 11 is 15.6. The number of fused-ring (bicyclic) bond motifs is 1. The van der Waals surface area contributed by atoms with E-state index in [0.717, 1.165) is 60.0 Å². The van der Waals surface area contributed by atoms with Gasteiger partial charge in [0.15, 0.2) is 5.78 Å². The molecule has 5 aromatic carbocycles. The number of benzene rings is 5. The van der Waals surface area contributed by atoms with Crippen LogP contribution in [0.15, 0.2) is 147 Å². The number of nitrogens with zero attached hydrogens (tertiary/aromatic N) is 7. The highest BCUT2D eigenvalue weighted by molar-refractivity contribution is 8.46. The zero-order chi connectivity index (χ0) is 96.5. The van der Waals surface area contributed by atoms with Crippen molar-refractivity contribution in [2.75, 3.05) is 47.9 Å². The molecule has 6 heterocycles. The molecule has 7 aromatic rings. The molecule has 23 nitrogen and oxygen atoms in total. The second-order valence-corrected chi connectivity index (χ2v) is 41.3. The Morgan fingerprint density at radius 2 is 0.866 bits per heavy atom. The number of nitrogen functional groups attached to an aromatic ring is 1. The van der Waals surface area contributed by atoms with Gasteiger partial charge in [0.2, 0.25) is 23.6 Å². The van der Waals surface area contributed by atoms with Crippen LogP contribution in [0.3, 0.4) is 0 Å². The molecule has 11 rings (SSSR count). The van der Waals surface area contributed by atoms with Gasteiger partial charge in [-0.05, 0) is 139 Å². The van der Waals surface area contributed by atoms with Crippen LogP contribution in [0.2, 0.25) is 0 Å². The second kappa shape index (κ2) is 37.5. The Balaban J connectivity index is 0.000000349. The molecule has 0 aliphatic carbocycles. The van der Waals surface area contributed by atoms with E-state index in [0.29, 0.717) is 46.1 Å². The van der Waals surface area contributed by atoms with Gasteiger partial charge in [0.25, 0.3) is 0 Å². The van der Waals surface area contributed by atoms with Crippen LogP contribution < -0.4 is 27.0 Å². The van der Waals surface area contributed by atoms with Crippen LogP contribution in [-0.2, 0) is 93.6 Å². The fourth-order valence-electron chi connectivity index (χ4n) is 11.7. The van der Waals surface area contributed by atoms with E-state index >= 15 is 0 Å². The molecule has 4 saturated heterocycles. The van der Waals surface area contributed by atoms with Crippen molar-refractivity contribution in [2.45, 2.75) is 167 Å². The largest absolute Gasteiger partial charge is 0.480 e. The van der Waals surface area contributed by atoms with Gasteiger partial charge >= 0.3 is 59.1 Å². The van der Waals surface area contributed by atoms with Crippen molar-refractivity contribution >= 4 is 189 Å². The molecule has 57 heteroatoms. The number of alkyl halides is 4. The first-order valence-corrected chi connectivity index (χ1v) is 47.3. The lowest BCUT2D eigenvalue weighted by atomic mass is 10.0. The molecule has 0 spiro atoms. The van der Waals surface area contributed by atoms with Crippen molar-refractivity contribution in [3.8, 4) is 11.1 Å². The Morgan fingerprint density at radius 1 is 0.512 bits per heavy atom. The zero-order valence-electron chi connectivity index (χ0n) is 66.6. The number of halogens is 24. The maximum absolute atomic E-state index is 14.4. The molecule has 2 aromatic heterocycles. The minimum Gasteiger partial charge on any atom is -0.480 e. The van der Waals surface area contributed by atoms with Crippen LogP contribution in [0.1, 0.15) is 90.5 Å². The number of carbonyl (C=O) groups excluding carboxylic acids is 7. The molecular weight excluding hydrogens is 1960 g/mol. The first-order chi connectivity index (χ1) is 56.7. The highest BCUT2D eigenvalue weighted by Gasteiger charge is 2.68. The lowest BCUT2D eigenvalue weighted by Crippen LogP contribution is -2.45. The van der Waals surface area contributed by atoms with Crippen LogP contribution in [-0.4, -0.2) is 173 Å². The number of carbonyl (C=O) groups is 8. The fraction of sp³-hybridized carbons (Fsp3) is 0.386. The number of rotatable bonds is 15. The Kier molecular flexibility index (Phi) is 32.7. The first-order valence-electron chi connectivity index (χ1n) is 35.5. The number of ether oxygens (including phenoxy) is 2. The third-order valence-electron chi connectivity index (χ3n) is 17.0. The minimum absolute atomic E-state index is 0. The molecule has 714 valence electrons. The molecule has 4 aliphatic heterocycles. The molecule has 6 amide bonds. The maximum Gasteiger partial charge on any atom is 0.411 e. The number of ketones is 1.